The molecular weight excluding hydrogens is 280 g/mol. The van der Waals surface area contributed by atoms with Crippen molar-refractivity contribution in [1.82, 2.24) is 10.3 Å². The standard InChI is InChI=1S/C17H20N2O3/c1-3-16(22-15-8-4-7-14(10-15)21-2)17(20)19-12-13-6-5-9-18-11-13/h4-11,16H,3,12H2,1-2H3,(H,19,20)/t16-/m0/s1. The molecule has 1 aromatic carbocycles. The number of hydrogen-bond donors (Lipinski definition) is 1. The fourth-order valence-corrected chi connectivity index (χ4v) is 1.97. The van der Waals surface area contributed by atoms with Crippen LogP contribution < -0.4 is 14.8 Å². The summed E-state index contributed by atoms with van der Waals surface area (Å²) < 4.78 is 10.9. The number of nitrogens with zero attached hydrogens (tertiary/aromatic N) is 1. The van der Waals surface area contributed by atoms with Gasteiger partial charge in [0.25, 0.3) is 5.91 Å². The number of methoxy groups -OCH3 is 1. The Bertz CT molecular complexity index is 602. The van der Waals surface area contributed by atoms with Crippen molar-refractivity contribution in [2.75, 3.05) is 7.11 Å². The molecule has 5 nitrogen and oxygen atoms in total. The Hall–Kier alpha value is -2.56. The van der Waals surface area contributed by atoms with Gasteiger partial charge in [-0.2, -0.15) is 0 Å². The van der Waals surface area contributed by atoms with Crippen LogP contribution in [-0.4, -0.2) is 24.1 Å². The van der Waals surface area contributed by atoms with E-state index in [1.807, 2.05) is 31.2 Å². The van der Waals surface area contributed by atoms with Gasteiger partial charge in [-0.15, -0.1) is 0 Å². The van der Waals surface area contributed by atoms with Gasteiger partial charge in [0.1, 0.15) is 11.5 Å². The molecule has 1 atom stereocenters. The van der Waals surface area contributed by atoms with Gasteiger partial charge in [-0.05, 0) is 30.2 Å². The van der Waals surface area contributed by atoms with E-state index < -0.39 is 6.10 Å². The Kier molecular flexibility index (Phi) is 5.77. The van der Waals surface area contributed by atoms with Gasteiger partial charge < -0.3 is 14.8 Å². The zero-order valence-corrected chi connectivity index (χ0v) is 12.8. The SMILES string of the molecule is CC[C@H](Oc1cccc(OC)c1)C(=O)NCc1cccnc1. The van der Waals surface area contributed by atoms with E-state index in [1.54, 1.807) is 31.6 Å². The van der Waals surface area contributed by atoms with Crippen LogP contribution in [0.25, 0.3) is 0 Å². The minimum atomic E-state index is -0.538. The van der Waals surface area contributed by atoms with Gasteiger partial charge in [0.05, 0.1) is 7.11 Å². The van der Waals surface area contributed by atoms with E-state index >= 15 is 0 Å². The lowest BCUT2D eigenvalue weighted by Crippen LogP contribution is -2.37. The lowest BCUT2D eigenvalue weighted by molar-refractivity contribution is -0.128. The molecule has 0 saturated carbocycles. The molecule has 2 aromatic rings. The lowest BCUT2D eigenvalue weighted by Gasteiger charge is -2.17. The molecule has 0 aliphatic heterocycles. The van der Waals surface area contributed by atoms with Crippen LogP contribution in [0, 0.1) is 0 Å². The van der Waals surface area contributed by atoms with Crippen LogP contribution in [0.3, 0.4) is 0 Å². The molecule has 0 saturated heterocycles. The first kappa shape index (κ1) is 15.8. The van der Waals surface area contributed by atoms with Crippen LogP contribution in [0.15, 0.2) is 48.8 Å². The van der Waals surface area contributed by atoms with E-state index in [0.29, 0.717) is 24.5 Å². The molecule has 0 fully saturated rings. The van der Waals surface area contributed by atoms with Crippen molar-refractivity contribution in [3.63, 3.8) is 0 Å². The van der Waals surface area contributed by atoms with Gasteiger partial charge in [0, 0.05) is 25.0 Å². The zero-order valence-electron chi connectivity index (χ0n) is 12.8. The third-order valence-electron chi connectivity index (χ3n) is 3.17. The summed E-state index contributed by atoms with van der Waals surface area (Å²) in [6, 6.07) is 11.0. The molecule has 1 heterocycles. The fourth-order valence-electron chi connectivity index (χ4n) is 1.97. The van der Waals surface area contributed by atoms with E-state index in [4.69, 9.17) is 9.47 Å². The predicted octanol–water partition coefficient (Wildman–Crippen LogP) is 2.56. The number of carbonyl (C=O) groups is 1. The topological polar surface area (TPSA) is 60.5 Å². The summed E-state index contributed by atoms with van der Waals surface area (Å²) in [4.78, 5) is 16.2. The normalized spacial score (nSPS) is 11.5. The summed E-state index contributed by atoms with van der Waals surface area (Å²) in [5, 5.41) is 2.86. The Labute approximate surface area is 130 Å². The third-order valence-corrected chi connectivity index (χ3v) is 3.17. The first-order chi connectivity index (χ1) is 10.7. The van der Waals surface area contributed by atoms with E-state index in [0.717, 1.165) is 5.56 Å². The van der Waals surface area contributed by atoms with Crippen LogP contribution in [0.1, 0.15) is 18.9 Å². The number of carbonyl (C=O) groups excluding carboxylic acids is 1. The van der Waals surface area contributed by atoms with Gasteiger partial charge >= 0.3 is 0 Å². The highest BCUT2D eigenvalue weighted by Gasteiger charge is 2.18. The fraction of sp³-hybridized carbons (Fsp3) is 0.294. The van der Waals surface area contributed by atoms with Crippen molar-refractivity contribution in [1.29, 1.82) is 0 Å². The molecule has 116 valence electrons. The zero-order chi connectivity index (χ0) is 15.8. The molecule has 0 spiro atoms. The summed E-state index contributed by atoms with van der Waals surface area (Å²) in [5.74, 6) is 1.17. The molecule has 2 rings (SSSR count). The van der Waals surface area contributed by atoms with Crippen LogP contribution in [0.4, 0.5) is 0 Å². The maximum Gasteiger partial charge on any atom is 0.261 e. The third kappa shape index (κ3) is 4.48. The molecule has 5 heteroatoms. The number of nitrogens with one attached hydrogen (secondary N) is 1. The first-order valence-corrected chi connectivity index (χ1v) is 7.20. The van der Waals surface area contributed by atoms with Crippen molar-refractivity contribution < 1.29 is 14.3 Å². The minimum absolute atomic E-state index is 0.144. The minimum Gasteiger partial charge on any atom is -0.497 e. The van der Waals surface area contributed by atoms with Crippen molar-refractivity contribution in [2.45, 2.75) is 26.0 Å². The van der Waals surface area contributed by atoms with Crippen molar-refractivity contribution in [3.05, 3.63) is 54.4 Å². The number of rotatable bonds is 7. The van der Waals surface area contributed by atoms with E-state index in [-0.39, 0.29) is 5.91 Å². The number of amides is 1. The molecule has 0 radical (unpaired) electrons. The number of pyridine rings is 1. The Morgan fingerprint density at radius 3 is 2.77 bits per heavy atom. The first-order valence-electron chi connectivity index (χ1n) is 7.20. The Morgan fingerprint density at radius 2 is 2.09 bits per heavy atom. The van der Waals surface area contributed by atoms with Crippen LogP contribution >= 0.6 is 0 Å². The van der Waals surface area contributed by atoms with Gasteiger partial charge in [-0.3, -0.25) is 9.78 Å². The second-order valence-electron chi connectivity index (χ2n) is 4.77. The summed E-state index contributed by atoms with van der Waals surface area (Å²) in [7, 11) is 1.59. The highest BCUT2D eigenvalue weighted by molar-refractivity contribution is 5.81. The average Bonchev–Trinajstić information content (AvgIpc) is 2.58. The smallest absolute Gasteiger partial charge is 0.261 e. The van der Waals surface area contributed by atoms with Gasteiger partial charge in [0.15, 0.2) is 6.10 Å². The second kappa shape index (κ2) is 8.02. The molecule has 0 aliphatic rings. The highest BCUT2D eigenvalue weighted by atomic mass is 16.5. The number of aromatic nitrogens is 1. The summed E-state index contributed by atoms with van der Waals surface area (Å²) in [6.45, 7) is 2.35. The number of benzene rings is 1. The lowest BCUT2D eigenvalue weighted by atomic mass is 10.2. The highest BCUT2D eigenvalue weighted by Crippen LogP contribution is 2.20. The van der Waals surface area contributed by atoms with Crippen LogP contribution in [0.5, 0.6) is 11.5 Å². The molecule has 1 N–H and O–H groups in total. The molecule has 22 heavy (non-hydrogen) atoms. The summed E-state index contributed by atoms with van der Waals surface area (Å²) in [6.07, 6.45) is 3.47. The Balaban J connectivity index is 1.93. The summed E-state index contributed by atoms with van der Waals surface area (Å²) >= 11 is 0. The van der Waals surface area contributed by atoms with Crippen molar-refractivity contribution in [2.24, 2.45) is 0 Å². The maximum atomic E-state index is 12.2. The second-order valence-corrected chi connectivity index (χ2v) is 4.77. The monoisotopic (exact) mass is 300 g/mol. The van der Waals surface area contributed by atoms with Crippen LogP contribution in [-0.2, 0) is 11.3 Å². The molecule has 0 aliphatic carbocycles. The Morgan fingerprint density at radius 1 is 1.27 bits per heavy atom. The van der Waals surface area contributed by atoms with E-state index in [1.165, 1.54) is 0 Å². The predicted molar refractivity (Wildman–Crippen MR) is 83.8 cm³/mol. The molecule has 0 bridgehead atoms. The molecular formula is C17H20N2O3. The molecule has 1 amide bonds. The van der Waals surface area contributed by atoms with Crippen molar-refractivity contribution >= 4 is 5.91 Å². The number of hydrogen-bond acceptors (Lipinski definition) is 4. The molecule has 0 unspecified atom stereocenters. The summed E-state index contributed by atoms with van der Waals surface area (Å²) in [5.41, 5.74) is 0.951. The molecule has 1 aromatic heterocycles. The quantitative estimate of drug-likeness (QED) is 0.853. The number of ether oxygens (including phenoxy) is 2. The van der Waals surface area contributed by atoms with E-state index in [9.17, 15) is 4.79 Å². The van der Waals surface area contributed by atoms with Gasteiger partial charge in [0.2, 0.25) is 0 Å². The van der Waals surface area contributed by atoms with Gasteiger partial charge in [-0.25, -0.2) is 0 Å². The average molecular weight is 300 g/mol. The van der Waals surface area contributed by atoms with Crippen molar-refractivity contribution in [3.8, 4) is 11.5 Å². The van der Waals surface area contributed by atoms with Crippen LogP contribution in [0.2, 0.25) is 0 Å². The van der Waals surface area contributed by atoms with E-state index in [2.05, 4.69) is 10.3 Å². The largest absolute Gasteiger partial charge is 0.497 e. The maximum absolute atomic E-state index is 12.2. The van der Waals surface area contributed by atoms with Gasteiger partial charge in [-0.1, -0.05) is 19.1 Å².